The number of nitrogens with zero attached hydrogens (tertiary/aromatic N) is 2. The Kier molecular flexibility index (Phi) is 12.0. The average molecular weight is 716 g/mol. The summed E-state index contributed by atoms with van der Waals surface area (Å²) in [6, 6.07) is 28.0. The molecule has 0 saturated heterocycles. The van der Waals surface area contributed by atoms with Gasteiger partial charge in [-0.2, -0.15) is 0 Å². The van der Waals surface area contributed by atoms with E-state index in [1.54, 1.807) is 0 Å². The zero-order valence-electron chi connectivity index (χ0n) is 25.0. The maximum Gasteiger partial charge on any atom is 0.0873 e. The summed E-state index contributed by atoms with van der Waals surface area (Å²) in [5.41, 5.74) is 7.80. The predicted octanol–water partition coefficient (Wildman–Crippen LogP) is 8.08. The Morgan fingerprint density at radius 3 is 1.75 bits per heavy atom. The van der Waals surface area contributed by atoms with Crippen LogP contribution in [0.2, 0.25) is 0 Å². The second kappa shape index (κ2) is 14.3. The first-order valence-corrected chi connectivity index (χ1v) is 13.6. The van der Waals surface area contributed by atoms with Crippen molar-refractivity contribution in [1.82, 2.24) is 9.97 Å². The third kappa shape index (κ3) is 9.45. The van der Waals surface area contributed by atoms with E-state index in [4.69, 9.17) is 9.97 Å². The molecule has 0 aliphatic rings. The summed E-state index contributed by atoms with van der Waals surface area (Å²) >= 11 is 0. The topological polar surface area (TPSA) is 66.2 Å². The van der Waals surface area contributed by atoms with E-state index in [9.17, 15) is 10.2 Å². The molecular formula is C35H43IrN2O2-. The van der Waals surface area contributed by atoms with Crippen molar-refractivity contribution in [3.8, 4) is 33.8 Å². The van der Waals surface area contributed by atoms with Crippen molar-refractivity contribution in [2.45, 2.75) is 74.0 Å². The number of rotatable bonds is 5. The molecule has 0 spiro atoms. The van der Waals surface area contributed by atoms with Crippen molar-refractivity contribution in [2.75, 3.05) is 0 Å². The fraction of sp³-hybridized carbons (Fsp3) is 0.371. The van der Waals surface area contributed by atoms with Gasteiger partial charge in [0.15, 0.2) is 0 Å². The van der Waals surface area contributed by atoms with Gasteiger partial charge < -0.3 is 15.2 Å². The molecule has 0 bridgehead atoms. The van der Waals surface area contributed by atoms with Crippen LogP contribution in [0.5, 0.6) is 0 Å². The van der Waals surface area contributed by atoms with Crippen molar-refractivity contribution in [3.63, 3.8) is 0 Å². The first kappa shape index (κ1) is 33.5. The van der Waals surface area contributed by atoms with Gasteiger partial charge >= 0.3 is 0 Å². The molecule has 4 rings (SSSR count). The first-order valence-electron chi connectivity index (χ1n) is 13.6. The molecule has 4 aromatic rings. The minimum atomic E-state index is -0.443. The number of benzene rings is 3. The molecule has 2 unspecified atom stereocenters. The van der Waals surface area contributed by atoms with E-state index >= 15 is 0 Å². The number of hydrogen-bond donors (Lipinski definition) is 2. The second-order valence-electron chi connectivity index (χ2n) is 12.5. The van der Waals surface area contributed by atoms with Gasteiger partial charge in [-0.3, -0.25) is 4.98 Å². The molecule has 0 amide bonds. The van der Waals surface area contributed by atoms with E-state index in [1.807, 2.05) is 72.0 Å². The summed E-state index contributed by atoms with van der Waals surface area (Å²) in [6.07, 6.45) is 1.41. The van der Waals surface area contributed by atoms with E-state index < -0.39 is 12.2 Å². The van der Waals surface area contributed by atoms with E-state index in [-0.39, 0.29) is 30.9 Å². The summed E-state index contributed by atoms with van der Waals surface area (Å²) < 4.78 is 0. The van der Waals surface area contributed by atoms with Gasteiger partial charge in [0.1, 0.15) is 0 Å². The van der Waals surface area contributed by atoms with Gasteiger partial charge in [-0.25, -0.2) is 0 Å². The first-order chi connectivity index (χ1) is 18.3. The van der Waals surface area contributed by atoms with Crippen LogP contribution in [0.15, 0.2) is 79.0 Å². The molecule has 2 atom stereocenters. The largest absolute Gasteiger partial charge is 0.392 e. The molecule has 1 radical (unpaired) electrons. The Balaban J connectivity index is 0.000000344. The molecule has 1 heterocycles. The van der Waals surface area contributed by atoms with Crippen molar-refractivity contribution in [1.29, 1.82) is 0 Å². The molecule has 0 saturated carbocycles. The molecule has 3 aromatic carbocycles. The van der Waals surface area contributed by atoms with Crippen molar-refractivity contribution >= 4 is 0 Å². The zero-order chi connectivity index (χ0) is 28.8. The Hall–Kier alpha value is -2.69. The fourth-order valence-electron chi connectivity index (χ4n) is 3.82. The molecular weight excluding hydrogens is 673 g/mol. The molecule has 0 aliphatic heterocycles. The van der Waals surface area contributed by atoms with Crippen LogP contribution in [-0.2, 0) is 20.1 Å². The van der Waals surface area contributed by atoms with Gasteiger partial charge in [-0.05, 0) is 23.3 Å². The van der Waals surface area contributed by atoms with Crippen LogP contribution in [0, 0.1) is 30.7 Å². The van der Waals surface area contributed by atoms with E-state index in [1.165, 1.54) is 11.1 Å². The molecule has 0 aliphatic carbocycles. The number of hydrogen-bond acceptors (Lipinski definition) is 4. The maximum absolute atomic E-state index is 9.76. The molecule has 4 nitrogen and oxygen atoms in total. The van der Waals surface area contributed by atoms with Crippen LogP contribution >= 0.6 is 0 Å². The zero-order valence-corrected chi connectivity index (χ0v) is 27.4. The number of aryl methyl sites for hydroxylation is 2. The number of aliphatic hydroxyl groups is 2. The van der Waals surface area contributed by atoms with Gasteiger partial charge in [-0.15, -0.1) is 35.4 Å². The third-order valence-corrected chi connectivity index (χ3v) is 6.84. The monoisotopic (exact) mass is 716 g/mol. The van der Waals surface area contributed by atoms with Gasteiger partial charge in [0.05, 0.1) is 23.6 Å². The van der Waals surface area contributed by atoms with Gasteiger partial charge in [0.25, 0.3) is 0 Å². The third-order valence-electron chi connectivity index (χ3n) is 6.84. The van der Waals surface area contributed by atoms with Crippen LogP contribution in [0.4, 0.5) is 0 Å². The van der Waals surface area contributed by atoms with Crippen LogP contribution in [-0.4, -0.2) is 32.4 Å². The molecule has 215 valence electrons. The summed E-state index contributed by atoms with van der Waals surface area (Å²) in [5.74, 6) is 0. The Labute approximate surface area is 254 Å². The van der Waals surface area contributed by atoms with Crippen LogP contribution in [0.1, 0.15) is 59.1 Å². The minimum Gasteiger partial charge on any atom is -0.392 e. The van der Waals surface area contributed by atoms with E-state index in [2.05, 4.69) is 68.4 Å². The summed E-state index contributed by atoms with van der Waals surface area (Å²) in [7, 11) is 0. The molecule has 40 heavy (non-hydrogen) atoms. The molecule has 5 heteroatoms. The maximum atomic E-state index is 9.76. The van der Waals surface area contributed by atoms with Crippen molar-refractivity contribution < 1.29 is 30.3 Å². The van der Waals surface area contributed by atoms with Crippen LogP contribution in [0.25, 0.3) is 33.8 Å². The smallest absolute Gasteiger partial charge is 0.0873 e. The minimum absolute atomic E-state index is 0. The van der Waals surface area contributed by atoms with Gasteiger partial charge in [0, 0.05) is 44.0 Å². The van der Waals surface area contributed by atoms with Crippen LogP contribution in [0.3, 0.4) is 0 Å². The van der Waals surface area contributed by atoms with Gasteiger partial charge in [0.2, 0.25) is 0 Å². The number of aliphatic hydroxyl groups excluding tert-OH is 2. The van der Waals surface area contributed by atoms with Crippen LogP contribution < -0.4 is 0 Å². The van der Waals surface area contributed by atoms with E-state index in [0.717, 1.165) is 33.8 Å². The van der Waals surface area contributed by atoms with Crippen molar-refractivity contribution in [2.24, 2.45) is 10.8 Å². The Morgan fingerprint density at radius 2 is 1.25 bits per heavy atom. The fourth-order valence-corrected chi connectivity index (χ4v) is 3.82. The summed E-state index contributed by atoms with van der Waals surface area (Å²) in [5, 5.41) is 19.5. The SMILES string of the molecule is CC(C)(C)C(O)CC(O)C(C)(C)C.Cc1c[c-]c(-c2ncc(-c3ccccc3)nc2-c2ccc(C)cc2)cc1.[Ir]. The Bertz CT molecular complexity index is 1310. The van der Waals surface area contributed by atoms with Gasteiger partial charge in [-0.1, -0.05) is 109 Å². The average Bonchev–Trinajstić information content (AvgIpc) is 2.89. The molecule has 1 aromatic heterocycles. The predicted molar refractivity (Wildman–Crippen MR) is 162 cm³/mol. The quantitative estimate of drug-likeness (QED) is 0.205. The summed E-state index contributed by atoms with van der Waals surface area (Å²) in [4.78, 5) is 9.72. The molecule has 0 fully saturated rings. The summed E-state index contributed by atoms with van der Waals surface area (Å²) in [6.45, 7) is 16.0. The standard InChI is InChI=1S/C24H19N2.C11H24O2.Ir/c1-17-8-12-20(13-9-17)23-24(21-14-10-18(2)11-15-21)26-22(16-25-23)19-6-4-3-5-7-19;1-10(2,3)8(12)7-9(13)11(4,5)6;/h3-12,14-16H,1-2H3;8-9,12-13H,7H2,1-6H3;/q-1;;. The van der Waals surface area contributed by atoms with Crippen molar-refractivity contribution in [3.05, 3.63) is 96.2 Å². The number of aromatic nitrogens is 2. The second-order valence-corrected chi connectivity index (χ2v) is 12.5. The molecule has 2 N–H and O–H groups in total. The van der Waals surface area contributed by atoms with E-state index in [0.29, 0.717) is 6.42 Å². The normalized spacial score (nSPS) is 12.9. The Morgan fingerprint density at radius 1 is 0.700 bits per heavy atom.